The number of benzene rings is 1. The lowest BCUT2D eigenvalue weighted by atomic mass is 9.95. The van der Waals surface area contributed by atoms with E-state index in [0.29, 0.717) is 5.41 Å². The third-order valence-corrected chi connectivity index (χ3v) is 3.45. The van der Waals surface area contributed by atoms with Crippen molar-refractivity contribution in [2.45, 2.75) is 12.8 Å². The molecule has 0 N–H and O–H groups in total. The van der Waals surface area contributed by atoms with E-state index in [0.717, 1.165) is 18.8 Å². The minimum Gasteiger partial charge on any atom is -0.369 e. The van der Waals surface area contributed by atoms with Gasteiger partial charge in [-0.1, -0.05) is 6.07 Å². The lowest BCUT2D eigenvalue weighted by molar-refractivity contribution is 0.387. The summed E-state index contributed by atoms with van der Waals surface area (Å²) in [4.78, 5) is 2.11. The van der Waals surface area contributed by atoms with Crippen molar-refractivity contribution in [1.29, 1.82) is 5.26 Å². The van der Waals surface area contributed by atoms with Crippen molar-refractivity contribution in [2.24, 2.45) is 5.41 Å². The van der Waals surface area contributed by atoms with Crippen LogP contribution in [0, 0.1) is 22.6 Å². The van der Waals surface area contributed by atoms with E-state index in [2.05, 4.69) is 4.90 Å². The van der Waals surface area contributed by atoms with Crippen LogP contribution in [-0.4, -0.2) is 13.1 Å². The van der Waals surface area contributed by atoms with Gasteiger partial charge in [0.05, 0.1) is 5.69 Å². The number of halogens is 1. The van der Waals surface area contributed by atoms with Gasteiger partial charge in [0, 0.05) is 18.5 Å². The maximum absolute atomic E-state index is 13.3. The van der Waals surface area contributed by atoms with E-state index in [1.165, 1.54) is 18.9 Å². The van der Waals surface area contributed by atoms with Crippen molar-refractivity contribution in [3.05, 3.63) is 29.6 Å². The molecule has 1 aromatic rings. The molecule has 1 saturated heterocycles. The normalized spacial score (nSPS) is 20.9. The van der Waals surface area contributed by atoms with Crippen LogP contribution in [0.25, 0.3) is 0 Å². The third-order valence-electron chi connectivity index (χ3n) is 3.45. The molecule has 1 aromatic carbocycles. The molecule has 2 aliphatic rings. The summed E-state index contributed by atoms with van der Waals surface area (Å²) in [5.74, 6) is -0.410. The van der Waals surface area contributed by atoms with E-state index < -0.39 is 5.82 Å². The molecule has 2 nitrogen and oxygen atoms in total. The van der Waals surface area contributed by atoms with Crippen LogP contribution in [-0.2, 0) is 0 Å². The fourth-order valence-corrected chi connectivity index (χ4v) is 2.31. The zero-order chi connectivity index (χ0) is 10.5. The van der Waals surface area contributed by atoms with E-state index in [4.69, 9.17) is 5.26 Å². The van der Waals surface area contributed by atoms with Gasteiger partial charge in [0.25, 0.3) is 0 Å². The highest BCUT2D eigenvalue weighted by Gasteiger charge is 2.52. The van der Waals surface area contributed by atoms with Gasteiger partial charge in [0.1, 0.15) is 17.4 Å². The molecule has 0 atom stereocenters. The summed E-state index contributed by atoms with van der Waals surface area (Å²) in [6, 6.07) is 6.79. The van der Waals surface area contributed by atoms with Crippen LogP contribution in [0.1, 0.15) is 18.4 Å². The Morgan fingerprint density at radius 2 is 2.07 bits per heavy atom. The smallest absolute Gasteiger partial charge is 0.143 e. The van der Waals surface area contributed by atoms with E-state index in [1.807, 2.05) is 12.1 Å². The quantitative estimate of drug-likeness (QED) is 0.698. The maximum Gasteiger partial charge on any atom is 0.143 e. The highest BCUT2D eigenvalue weighted by atomic mass is 19.1. The summed E-state index contributed by atoms with van der Waals surface area (Å²) in [6.07, 6.45) is 2.58. The van der Waals surface area contributed by atoms with Gasteiger partial charge >= 0.3 is 0 Å². The number of hydrogen-bond donors (Lipinski definition) is 0. The minimum atomic E-state index is -0.410. The molecule has 3 rings (SSSR count). The molecular weight excluding hydrogens is 191 g/mol. The molecule has 2 fully saturated rings. The van der Waals surface area contributed by atoms with Crippen LogP contribution >= 0.6 is 0 Å². The Morgan fingerprint density at radius 3 is 2.67 bits per heavy atom. The standard InChI is InChI=1S/C12H11FN2/c13-10-2-1-3-11(9(10)6-14)15-7-12(8-15)4-5-12/h1-3H,4-5,7-8H2. The van der Waals surface area contributed by atoms with E-state index in [1.54, 1.807) is 6.07 Å². The fraction of sp³-hybridized carbons (Fsp3) is 0.417. The number of hydrogen-bond acceptors (Lipinski definition) is 2. The largest absolute Gasteiger partial charge is 0.369 e. The van der Waals surface area contributed by atoms with Crippen molar-refractivity contribution in [3.63, 3.8) is 0 Å². The van der Waals surface area contributed by atoms with Gasteiger partial charge in [0.2, 0.25) is 0 Å². The second-order valence-corrected chi connectivity index (χ2v) is 4.60. The van der Waals surface area contributed by atoms with Crippen LogP contribution in [0.4, 0.5) is 10.1 Å². The zero-order valence-electron chi connectivity index (χ0n) is 8.33. The van der Waals surface area contributed by atoms with Crippen molar-refractivity contribution in [3.8, 4) is 6.07 Å². The Bertz CT molecular complexity index is 449. The lowest BCUT2D eigenvalue weighted by Gasteiger charge is -2.42. The second kappa shape index (κ2) is 2.73. The number of nitriles is 1. The average Bonchev–Trinajstić information content (AvgIpc) is 2.94. The monoisotopic (exact) mass is 202 g/mol. The summed E-state index contributed by atoms with van der Waals surface area (Å²) in [5.41, 5.74) is 1.47. The molecular formula is C12H11FN2. The topological polar surface area (TPSA) is 27.0 Å². The predicted octanol–water partition coefficient (Wildman–Crippen LogP) is 2.30. The van der Waals surface area contributed by atoms with E-state index in [9.17, 15) is 4.39 Å². The van der Waals surface area contributed by atoms with Crippen molar-refractivity contribution < 1.29 is 4.39 Å². The molecule has 1 heterocycles. The van der Waals surface area contributed by atoms with Gasteiger partial charge in [-0.25, -0.2) is 4.39 Å². The fourth-order valence-electron chi connectivity index (χ4n) is 2.31. The molecule has 0 aromatic heterocycles. The molecule has 0 bridgehead atoms. The molecule has 76 valence electrons. The Hall–Kier alpha value is -1.56. The first-order valence-corrected chi connectivity index (χ1v) is 5.18. The van der Waals surface area contributed by atoms with Crippen LogP contribution in [0.5, 0.6) is 0 Å². The average molecular weight is 202 g/mol. The van der Waals surface area contributed by atoms with Gasteiger partial charge in [-0.2, -0.15) is 5.26 Å². The van der Waals surface area contributed by atoms with Crippen molar-refractivity contribution >= 4 is 5.69 Å². The minimum absolute atomic E-state index is 0.188. The molecule has 1 aliphatic carbocycles. The maximum atomic E-state index is 13.3. The summed E-state index contributed by atoms with van der Waals surface area (Å²) in [6.45, 7) is 1.98. The van der Waals surface area contributed by atoms with E-state index >= 15 is 0 Å². The Balaban J connectivity index is 1.92. The van der Waals surface area contributed by atoms with Gasteiger partial charge in [0.15, 0.2) is 0 Å². The van der Waals surface area contributed by atoms with Crippen molar-refractivity contribution in [1.82, 2.24) is 0 Å². The first-order valence-electron chi connectivity index (χ1n) is 5.18. The zero-order valence-corrected chi connectivity index (χ0v) is 8.33. The summed E-state index contributed by atoms with van der Waals surface area (Å²) >= 11 is 0. The highest BCUT2D eigenvalue weighted by Crippen LogP contribution is 2.54. The molecule has 15 heavy (non-hydrogen) atoms. The summed E-state index contributed by atoms with van der Waals surface area (Å²) in [5, 5.41) is 8.90. The second-order valence-electron chi connectivity index (χ2n) is 4.60. The highest BCUT2D eigenvalue weighted by molar-refractivity contribution is 5.62. The van der Waals surface area contributed by atoms with Crippen LogP contribution in [0.15, 0.2) is 18.2 Å². The number of rotatable bonds is 1. The Morgan fingerprint density at radius 1 is 1.33 bits per heavy atom. The SMILES string of the molecule is N#Cc1c(F)cccc1N1CC2(CC2)C1. The first-order chi connectivity index (χ1) is 7.24. The number of nitrogens with zero attached hydrogens (tertiary/aromatic N) is 2. The molecule has 3 heteroatoms. The predicted molar refractivity (Wildman–Crippen MR) is 55.0 cm³/mol. The Kier molecular flexibility index (Phi) is 1.59. The van der Waals surface area contributed by atoms with Gasteiger partial charge in [-0.15, -0.1) is 0 Å². The van der Waals surface area contributed by atoms with Crippen molar-refractivity contribution in [2.75, 3.05) is 18.0 Å². The van der Waals surface area contributed by atoms with Gasteiger partial charge in [-0.05, 0) is 25.0 Å². The third kappa shape index (κ3) is 1.21. The molecule has 0 radical (unpaired) electrons. The molecule has 0 amide bonds. The molecule has 1 spiro atoms. The van der Waals surface area contributed by atoms with Crippen LogP contribution < -0.4 is 4.90 Å². The van der Waals surface area contributed by atoms with Crippen LogP contribution in [0.2, 0.25) is 0 Å². The van der Waals surface area contributed by atoms with Crippen LogP contribution in [0.3, 0.4) is 0 Å². The van der Waals surface area contributed by atoms with E-state index in [-0.39, 0.29) is 5.56 Å². The van der Waals surface area contributed by atoms with Gasteiger partial charge in [-0.3, -0.25) is 0 Å². The summed E-state index contributed by atoms with van der Waals surface area (Å²) < 4.78 is 13.3. The summed E-state index contributed by atoms with van der Waals surface area (Å²) in [7, 11) is 0. The lowest BCUT2D eigenvalue weighted by Crippen LogP contribution is -2.48. The molecule has 1 aliphatic heterocycles. The first kappa shape index (κ1) is 8.72. The van der Waals surface area contributed by atoms with Gasteiger partial charge < -0.3 is 4.90 Å². The molecule has 1 saturated carbocycles. The Labute approximate surface area is 87.9 Å². The number of anilines is 1. The molecule has 0 unspecified atom stereocenters.